The number of hydrogen-bond acceptors (Lipinski definition) is 7. The quantitative estimate of drug-likeness (QED) is 0.545. The molecule has 1 saturated heterocycles. The molecular formula is C18H25N5O3. The molecule has 2 aromatic heterocycles. The third kappa shape index (κ3) is 3.51. The maximum atomic E-state index is 10.4. The van der Waals surface area contributed by atoms with Gasteiger partial charge in [0.1, 0.15) is 17.7 Å². The summed E-state index contributed by atoms with van der Waals surface area (Å²) in [4.78, 5) is 12.8. The van der Waals surface area contributed by atoms with Crippen LogP contribution in [0.1, 0.15) is 58.0 Å². The SMILES string of the molecule is CCCCC#Cc1nc(N)c2ncn([C@@H]3O[C@H](CCC)C(O)C3O)c2n1. The van der Waals surface area contributed by atoms with E-state index in [9.17, 15) is 10.2 Å². The number of imidazole rings is 1. The second-order valence-corrected chi connectivity index (χ2v) is 6.50. The highest BCUT2D eigenvalue weighted by Crippen LogP contribution is 2.33. The molecule has 0 saturated carbocycles. The third-order valence-corrected chi connectivity index (χ3v) is 4.49. The first-order valence-corrected chi connectivity index (χ1v) is 9.07. The fourth-order valence-electron chi connectivity index (χ4n) is 3.07. The normalized spacial score (nSPS) is 25.4. The van der Waals surface area contributed by atoms with Crippen LogP contribution in [-0.2, 0) is 4.74 Å². The van der Waals surface area contributed by atoms with Crippen molar-refractivity contribution in [2.75, 3.05) is 5.73 Å². The van der Waals surface area contributed by atoms with Gasteiger partial charge in [0.05, 0.1) is 12.4 Å². The fourth-order valence-corrected chi connectivity index (χ4v) is 3.07. The van der Waals surface area contributed by atoms with Crippen LogP contribution in [-0.4, -0.2) is 48.0 Å². The van der Waals surface area contributed by atoms with Crippen LogP contribution in [0.25, 0.3) is 11.2 Å². The van der Waals surface area contributed by atoms with Crippen LogP contribution < -0.4 is 5.73 Å². The number of anilines is 1. The maximum Gasteiger partial charge on any atom is 0.208 e. The van der Waals surface area contributed by atoms with E-state index in [0.717, 1.165) is 25.7 Å². The molecule has 2 aromatic rings. The summed E-state index contributed by atoms with van der Waals surface area (Å²) in [6.45, 7) is 4.10. The highest BCUT2D eigenvalue weighted by Gasteiger charge is 2.43. The molecule has 8 heteroatoms. The van der Waals surface area contributed by atoms with Gasteiger partial charge < -0.3 is 20.7 Å². The average Bonchev–Trinajstić information content (AvgIpc) is 3.16. The van der Waals surface area contributed by atoms with Gasteiger partial charge in [-0.2, -0.15) is 0 Å². The van der Waals surface area contributed by atoms with Crippen LogP contribution in [0.15, 0.2) is 6.33 Å². The summed E-state index contributed by atoms with van der Waals surface area (Å²) in [5, 5.41) is 20.6. The van der Waals surface area contributed by atoms with Crippen LogP contribution in [0.3, 0.4) is 0 Å². The van der Waals surface area contributed by atoms with Crippen molar-refractivity contribution in [3.63, 3.8) is 0 Å². The lowest BCUT2D eigenvalue weighted by atomic mass is 10.1. The molecule has 8 nitrogen and oxygen atoms in total. The standard InChI is InChI=1S/C18H25N5O3/c1-3-5-6-7-9-12-21-16(19)13-17(22-12)23(10-20-13)18-15(25)14(24)11(26-18)8-4-2/h10-11,14-15,18,24-25H,3-6,8H2,1-2H3,(H2,19,21,22)/t11-,14?,15?,18-/m1/s1. The average molecular weight is 359 g/mol. The van der Waals surface area contributed by atoms with Crippen LogP contribution in [0.5, 0.6) is 0 Å². The number of ether oxygens (including phenoxy) is 1. The number of fused-ring (bicyclic) bond motifs is 1. The molecular weight excluding hydrogens is 334 g/mol. The predicted molar refractivity (Wildman–Crippen MR) is 97.0 cm³/mol. The lowest BCUT2D eigenvalue weighted by molar-refractivity contribution is -0.0370. The number of aromatic nitrogens is 4. The number of nitrogen functional groups attached to an aromatic ring is 1. The molecule has 0 spiro atoms. The van der Waals surface area contributed by atoms with Crippen LogP contribution in [0, 0.1) is 11.8 Å². The first-order chi connectivity index (χ1) is 12.6. The predicted octanol–water partition coefficient (Wildman–Crippen LogP) is 1.37. The molecule has 0 amide bonds. The van der Waals surface area contributed by atoms with Gasteiger partial charge in [0.15, 0.2) is 17.7 Å². The molecule has 0 aromatic carbocycles. The Morgan fingerprint density at radius 1 is 1.23 bits per heavy atom. The van der Waals surface area contributed by atoms with Gasteiger partial charge in [0.2, 0.25) is 5.82 Å². The molecule has 0 bridgehead atoms. The summed E-state index contributed by atoms with van der Waals surface area (Å²) in [5.41, 5.74) is 6.85. The molecule has 3 heterocycles. The summed E-state index contributed by atoms with van der Waals surface area (Å²) in [5.74, 6) is 6.50. The Balaban J connectivity index is 1.94. The Bertz CT molecular complexity index is 825. The van der Waals surface area contributed by atoms with E-state index in [1.54, 1.807) is 4.57 Å². The maximum absolute atomic E-state index is 10.4. The molecule has 0 radical (unpaired) electrons. The lowest BCUT2D eigenvalue weighted by Gasteiger charge is -2.16. The second-order valence-electron chi connectivity index (χ2n) is 6.50. The van der Waals surface area contributed by atoms with Gasteiger partial charge in [-0.3, -0.25) is 4.57 Å². The van der Waals surface area contributed by atoms with Gasteiger partial charge in [0, 0.05) is 6.42 Å². The summed E-state index contributed by atoms with van der Waals surface area (Å²) in [6, 6.07) is 0. The molecule has 1 fully saturated rings. The molecule has 4 atom stereocenters. The highest BCUT2D eigenvalue weighted by molar-refractivity contribution is 5.82. The van der Waals surface area contributed by atoms with Crippen molar-refractivity contribution in [2.45, 2.75) is 70.5 Å². The number of hydrogen-bond donors (Lipinski definition) is 3. The summed E-state index contributed by atoms with van der Waals surface area (Å²) < 4.78 is 7.45. The minimum atomic E-state index is -1.07. The Hall–Kier alpha value is -2.21. The van der Waals surface area contributed by atoms with Gasteiger partial charge in [-0.15, -0.1) is 0 Å². The third-order valence-electron chi connectivity index (χ3n) is 4.49. The molecule has 4 N–H and O–H groups in total. The van der Waals surface area contributed by atoms with Crippen LogP contribution >= 0.6 is 0 Å². The minimum Gasteiger partial charge on any atom is -0.388 e. The van der Waals surface area contributed by atoms with E-state index in [1.807, 2.05) is 6.92 Å². The summed E-state index contributed by atoms with van der Waals surface area (Å²) in [6.07, 6.45) is 2.63. The Kier molecular flexibility index (Phi) is 5.71. The van der Waals surface area contributed by atoms with Gasteiger partial charge in [0.25, 0.3) is 0 Å². The molecule has 1 aliphatic rings. The van der Waals surface area contributed by atoms with E-state index in [1.165, 1.54) is 6.33 Å². The zero-order valence-electron chi connectivity index (χ0n) is 15.1. The Morgan fingerprint density at radius 3 is 2.77 bits per heavy atom. The first kappa shape index (κ1) is 18.6. The van der Waals surface area contributed by atoms with Gasteiger partial charge in [-0.1, -0.05) is 32.6 Å². The van der Waals surface area contributed by atoms with Crippen molar-refractivity contribution in [3.05, 3.63) is 12.2 Å². The van der Waals surface area contributed by atoms with Crippen molar-refractivity contribution in [1.82, 2.24) is 19.5 Å². The van der Waals surface area contributed by atoms with Gasteiger partial charge in [-0.05, 0) is 18.8 Å². The minimum absolute atomic E-state index is 0.228. The number of nitrogens with zero attached hydrogens (tertiary/aromatic N) is 4. The molecule has 0 aliphatic carbocycles. The number of aliphatic hydroxyl groups excluding tert-OH is 2. The van der Waals surface area contributed by atoms with E-state index < -0.39 is 24.5 Å². The van der Waals surface area contributed by atoms with Gasteiger partial charge in [-0.25, -0.2) is 15.0 Å². The molecule has 3 rings (SSSR count). The Labute approximate surface area is 152 Å². The smallest absolute Gasteiger partial charge is 0.208 e. The fraction of sp³-hybridized carbons (Fsp3) is 0.611. The van der Waals surface area contributed by atoms with Crippen molar-refractivity contribution < 1.29 is 14.9 Å². The zero-order chi connectivity index (χ0) is 18.7. The van der Waals surface area contributed by atoms with Crippen molar-refractivity contribution >= 4 is 17.0 Å². The first-order valence-electron chi connectivity index (χ1n) is 9.07. The highest BCUT2D eigenvalue weighted by atomic mass is 16.6. The number of unbranched alkanes of at least 4 members (excludes halogenated alkanes) is 2. The largest absolute Gasteiger partial charge is 0.388 e. The zero-order valence-corrected chi connectivity index (χ0v) is 15.1. The number of nitrogens with two attached hydrogens (primary N) is 1. The molecule has 1 aliphatic heterocycles. The van der Waals surface area contributed by atoms with E-state index in [2.05, 4.69) is 33.7 Å². The number of aliphatic hydroxyl groups is 2. The van der Waals surface area contributed by atoms with Crippen molar-refractivity contribution in [3.8, 4) is 11.8 Å². The summed E-state index contributed by atoms with van der Waals surface area (Å²) in [7, 11) is 0. The second kappa shape index (κ2) is 7.99. The monoisotopic (exact) mass is 359 g/mol. The van der Waals surface area contributed by atoms with Crippen LogP contribution in [0.2, 0.25) is 0 Å². The molecule has 2 unspecified atom stereocenters. The van der Waals surface area contributed by atoms with E-state index in [0.29, 0.717) is 23.4 Å². The summed E-state index contributed by atoms with van der Waals surface area (Å²) >= 11 is 0. The molecule has 26 heavy (non-hydrogen) atoms. The van der Waals surface area contributed by atoms with Crippen molar-refractivity contribution in [2.24, 2.45) is 0 Å². The van der Waals surface area contributed by atoms with Gasteiger partial charge >= 0.3 is 0 Å². The lowest BCUT2D eigenvalue weighted by Crippen LogP contribution is -2.31. The molecule has 140 valence electrons. The van der Waals surface area contributed by atoms with E-state index in [-0.39, 0.29) is 5.82 Å². The van der Waals surface area contributed by atoms with Crippen molar-refractivity contribution in [1.29, 1.82) is 0 Å². The van der Waals surface area contributed by atoms with E-state index in [4.69, 9.17) is 10.5 Å². The topological polar surface area (TPSA) is 119 Å². The Morgan fingerprint density at radius 2 is 2.04 bits per heavy atom. The van der Waals surface area contributed by atoms with E-state index >= 15 is 0 Å². The van der Waals surface area contributed by atoms with Crippen LogP contribution in [0.4, 0.5) is 5.82 Å². The number of rotatable bonds is 5.